The highest BCUT2D eigenvalue weighted by Gasteiger charge is 2.33. The molecule has 2 fully saturated rings. The number of hydrogen-bond donors (Lipinski definition) is 0. The first-order chi connectivity index (χ1) is 10.1. The lowest BCUT2D eigenvalue weighted by atomic mass is 10.1. The van der Waals surface area contributed by atoms with Gasteiger partial charge < -0.3 is 4.74 Å². The summed E-state index contributed by atoms with van der Waals surface area (Å²) in [6.45, 7) is 0.0417. The Hall–Kier alpha value is -2.37. The van der Waals surface area contributed by atoms with Crippen molar-refractivity contribution in [3.63, 3.8) is 0 Å². The van der Waals surface area contributed by atoms with Crippen molar-refractivity contribution in [2.24, 2.45) is 0 Å². The zero-order chi connectivity index (χ0) is 14.8. The SMILES string of the molecule is O=C(OCc1ccc(C2CC2)cc1)ON1C(=O)CCC1=O. The summed E-state index contributed by atoms with van der Waals surface area (Å²) in [6.07, 6.45) is 1.55. The Morgan fingerprint density at radius 3 is 2.29 bits per heavy atom. The van der Waals surface area contributed by atoms with Crippen LogP contribution in [0, 0.1) is 0 Å². The summed E-state index contributed by atoms with van der Waals surface area (Å²) in [5, 5.41) is 0.471. The zero-order valence-electron chi connectivity index (χ0n) is 11.4. The van der Waals surface area contributed by atoms with E-state index in [0.717, 1.165) is 5.56 Å². The largest absolute Gasteiger partial charge is 0.534 e. The van der Waals surface area contributed by atoms with E-state index in [1.165, 1.54) is 18.4 Å². The van der Waals surface area contributed by atoms with E-state index in [0.29, 0.717) is 11.0 Å². The van der Waals surface area contributed by atoms with Gasteiger partial charge in [-0.2, -0.15) is 0 Å². The number of carbonyl (C=O) groups is 3. The second-order valence-corrected chi connectivity index (χ2v) is 5.23. The van der Waals surface area contributed by atoms with E-state index in [2.05, 4.69) is 4.84 Å². The molecule has 3 rings (SSSR count). The van der Waals surface area contributed by atoms with Crippen LogP contribution in [0.5, 0.6) is 0 Å². The summed E-state index contributed by atoms with van der Waals surface area (Å²) < 4.78 is 4.90. The van der Waals surface area contributed by atoms with Crippen molar-refractivity contribution in [3.8, 4) is 0 Å². The molecular weight excluding hydrogens is 274 g/mol. The maximum atomic E-state index is 11.5. The Morgan fingerprint density at radius 2 is 1.71 bits per heavy atom. The lowest BCUT2D eigenvalue weighted by Gasteiger charge is -2.12. The number of hydrogen-bond acceptors (Lipinski definition) is 5. The van der Waals surface area contributed by atoms with E-state index in [1.807, 2.05) is 24.3 Å². The van der Waals surface area contributed by atoms with Crippen LogP contribution in [0.25, 0.3) is 0 Å². The molecule has 6 heteroatoms. The molecule has 2 amide bonds. The molecule has 0 spiro atoms. The molecular formula is C15H15NO5. The molecule has 6 nitrogen and oxygen atoms in total. The number of ether oxygens (including phenoxy) is 1. The Kier molecular flexibility index (Phi) is 3.60. The fraction of sp³-hybridized carbons (Fsp3) is 0.400. The first-order valence-electron chi connectivity index (χ1n) is 6.93. The number of carbonyl (C=O) groups excluding carboxylic acids is 3. The summed E-state index contributed by atoms with van der Waals surface area (Å²) >= 11 is 0. The summed E-state index contributed by atoms with van der Waals surface area (Å²) in [7, 11) is 0. The Labute approximate surface area is 121 Å². The van der Waals surface area contributed by atoms with Crippen molar-refractivity contribution in [2.45, 2.75) is 38.2 Å². The Morgan fingerprint density at radius 1 is 1.10 bits per heavy atom. The van der Waals surface area contributed by atoms with Crippen LogP contribution in [-0.4, -0.2) is 23.0 Å². The standard InChI is InChI=1S/C15H15NO5/c17-13-7-8-14(18)16(13)21-15(19)20-9-10-1-3-11(4-2-10)12-5-6-12/h1-4,12H,5-9H2. The van der Waals surface area contributed by atoms with Crippen LogP contribution in [0.2, 0.25) is 0 Å². The minimum absolute atomic E-state index is 0.0417. The minimum Gasteiger partial charge on any atom is -0.428 e. The van der Waals surface area contributed by atoms with Gasteiger partial charge >= 0.3 is 6.16 Å². The average molecular weight is 289 g/mol. The van der Waals surface area contributed by atoms with Crippen molar-refractivity contribution in [1.82, 2.24) is 5.06 Å². The number of imide groups is 1. The zero-order valence-corrected chi connectivity index (χ0v) is 11.4. The van der Waals surface area contributed by atoms with E-state index in [1.54, 1.807) is 0 Å². The number of rotatable bonds is 4. The number of hydroxylamine groups is 2. The van der Waals surface area contributed by atoms with Gasteiger partial charge in [-0.3, -0.25) is 14.4 Å². The van der Waals surface area contributed by atoms with Gasteiger partial charge in [-0.15, -0.1) is 0 Å². The number of benzene rings is 1. The van der Waals surface area contributed by atoms with Gasteiger partial charge in [0.25, 0.3) is 11.8 Å². The van der Waals surface area contributed by atoms with Crippen molar-refractivity contribution in [3.05, 3.63) is 35.4 Å². The van der Waals surface area contributed by atoms with E-state index < -0.39 is 18.0 Å². The maximum Gasteiger partial charge on any atom is 0.534 e. The Bertz CT molecular complexity index is 560. The average Bonchev–Trinajstić information content (AvgIpc) is 3.28. The molecule has 1 aliphatic heterocycles. The van der Waals surface area contributed by atoms with Crippen molar-refractivity contribution in [1.29, 1.82) is 0 Å². The third kappa shape index (κ3) is 3.21. The summed E-state index contributed by atoms with van der Waals surface area (Å²) in [4.78, 5) is 38.6. The third-order valence-electron chi connectivity index (χ3n) is 3.56. The van der Waals surface area contributed by atoms with Gasteiger partial charge in [-0.25, -0.2) is 4.79 Å². The summed E-state index contributed by atoms with van der Waals surface area (Å²) in [5.41, 5.74) is 2.13. The topological polar surface area (TPSA) is 72.9 Å². The minimum atomic E-state index is -1.05. The molecule has 1 aliphatic carbocycles. The van der Waals surface area contributed by atoms with Crippen LogP contribution < -0.4 is 0 Å². The second-order valence-electron chi connectivity index (χ2n) is 5.23. The molecule has 0 aromatic heterocycles. The van der Waals surface area contributed by atoms with E-state index in [-0.39, 0.29) is 19.4 Å². The smallest absolute Gasteiger partial charge is 0.428 e. The fourth-order valence-electron chi connectivity index (χ4n) is 2.20. The summed E-state index contributed by atoms with van der Waals surface area (Å²) in [5.74, 6) is -0.367. The predicted molar refractivity (Wildman–Crippen MR) is 70.8 cm³/mol. The normalized spacial score (nSPS) is 18.0. The van der Waals surface area contributed by atoms with Crippen LogP contribution in [0.4, 0.5) is 4.79 Å². The molecule has 0 bridgehead atoms. The molecule has 0 unspecified atom stereocenters. The molecule has 2 aliphatic rings. The molecule has 0 N–H and O–H groups in total. The number of nitrogens with zero attached hydrogens (tertiary/aromatic N) is 1. The molecule has 21 heavy (non-hydrogen) atoms. The van der Waals surface area contributed by atoms with Gasteiger partial charge in [0.1, 0.15) is 6.61 Å². The van der Waals surface area contributed by atoms with Crippen LogP contribution in [0.1, 0.15) is 42.7 Å². The van der Waals surface area contributed by atoms with Crippen molar-refractivity contribution >= 4 is 18.0 Å². The van der Waals surface area contributed by atoms with Gasteiger partial charge in [0.2, 0.25) is 0 Å². The highest BCUT2D eigenvalue weighted by Crippen LogP contribution is 2.39. The summed E-state index contributed by atoms with van der Waals surface area (Å²) in [6, 6.07) is 7.84. The van der Waals surface area contributed by atoms with Gasteiger partial charge in [-0.1, -0.05) is 29.3 Å². The van der Waals surface area contributed by atoms with Gasteiger partial charge in [0.05, 0.1) is 0 Å². The van der Waals surface area contributed by atoms with Crippen LogP contribution in [-0.2, 0) is 25.8 Å². The molecule has 0 radical (unpaired) electrons. The third-order valence-corrected chi connectivity index (χ3v) is 3.56. The lowest BCUT2D eigenvalue weighted by Crippen LogP contribution is -2.32. The molecule has 1 aromatic rings. The predicted octanol–water partition coefficient (Wildman–Crippen LogP) is 2.28. The molecule has 1 saturated carbocycles. The van der Waals surface area contributed by atoms with Gasteiger partial charge in [0.15, 0.2) is 0 Å². The highest BCUT2D eigenvalue weighted by atomic mass is 16.8. The van der Waals surface area contributed by atoms with E-state index >= 15 is 0 Å². The molecule has 1 aromatic carbocycles. The quantitative estimate of drug-likeness (QED) is 0.628. The number of amides is 2. The first-order valence-corrected chi connectivity index (χ1v) is 6.93. The van der Waals surface area contributed by atoms with Gasteiger partial charge in [0, 0.05) is 12.8 Å². The van der Waals surface area contributed by atoms with Crippen molar-refractivity contribution < 1.29 is 24.0 Å². The van der Waals surface area contributed by atoms with Crippen LogP contribution in [0.15, 0.2) is 24.3 Å². The monoisotopic (exact) mass is 289 g/mol. The van der Waals surface area contributed by atoms with Crippen molar-refractivity contribution in [2.75, 3.05) is 0 Å². The van der Waals surface area contributed by atoms with Crippen LogP contribution >= 0.6 is 0 Å². The van der Waals surface area contributed by atoms with Gasteiger partial charge in [-0.05, 0) is 29.9 Å². The van der Waals surface area contributed by atoms with Crippen LogP contribution in [0.3, 0.4) is 0 Å². The highest BCUT2D eigenvalue weighted by molar-refractivity contribution is 6.01. The maximum absolute atomic E-state index is 11.5. The Balaban J connectivity index is 1.48. The van der Waals surface area contributed by atoms with E-state index in [4.69, 9.17) is 4.74 Å². The lowest BCUT2D eigenvalue weighted by molar-refractivity contribution is -0.177. The molecule has 1 saturated heterocycles. The molecule has 1 heterocycles. The second kappa shape index (κ2) is 5.55. The molecule has 0 atom stereocenters. The van der Waals surface area contributed by atoms with E-state index in [9.17, 15) is 14.4 Å². The fourth-order valence-corrected chi connectivity index (χ4v) is 2.20. The molecule has 110 valence electrons. The first kappa shape index (κ1) is 13.6.